The Morgan fingerprint density at radius 2 is 2.26 bits per heavy atom. The topological polar surface area (TPSA) is 73.4 Å². The third kappa shape index (κ3) is 3.07. The predicted octanol–water partition coefficient (Wildman–Crippen LogP) is 0.365. The van der Waals surface area contributed by atoms with Gasteiger partial charge in [0.05, 0.1) is 5.69 Å². The van der Waals surface area contributed by atoms with Crippen LogP contribution in [0.15, 0.2) is 0 Å². The van der Waals surface area contributed by atoms with Gasteiger partial charge < -0.3 is 15.4 Å². The number of nitrogens with zero attached hydrogens (tertiary/aromatic N) is 3. The number of rotatable bonds is 3. The van der Waals surface area contributed by atoms with Gasteiger partial charge in [0, 0.05) is 26.2 Å². The molecule has 1 aromatic rings. The number of amides is 1. The van der Waals surface area contributed by atoms with Crippen LogP contribution in [0.5, 0.6) is 5.75 Å². The summed E-state index contributed by atoms with van der Waals surface area (Å²) in [5.41, 5.74) is 7.61. The Morgan fingerprint density at radius 1 is 1.53 bits per heavy atom. The molecule has 1 saturated heterocycles. The Balaban J connectivity index is 1.93. The highest BCUT2D eigenvalue weighted by Gasteiger charge is 2.22. The number of nitrogens with two attached hydrogens (primary N) is 1. The van der Waals surface area contributed by atoms with Crippen molar-refractivity contribution >= 4 is 5.91 Å². The van der Waals surface area contributed by atoms with E-state index in [0.29, 0.717) is 12.3 Å². The van der Waals surface area contributed by atoms with Crippen LogP contribution in [0, 0.1) is 13.8 Å². The van der Waals surface area contributed by atoms with Crippen molar-refractivity contribution in [1.29, 1.82) is 0 Å². The summed E-state index contributed by atoms with van der Waals surface area (Å²) in [6.07, 6.45) is 1.96. The van der Waals surface area contributed by atoms with Crippen molar-refractivity contribution in [3.05, 3.63) is 11.4 Å². The first-order valence-corrected chi connectivity index (χ1v) is 6.65. The summed E-state index contributed by atoms with van der Waals surface area (Å²) < 4.78 is 7.38. The van der Waals surface area contributed by atoms with Gasteiger partial charge in [-0.25, -0.2) is 0 Å². The monoisotopic (exact) mass is 266 g/mol. The molecule has 1 amide bonds. The molecule has 1 unspecified atom stereocenters. The maximum atomic E-state index is 12.1. The van der Waals surface area contributed by atoms with Gasteiger partial charge in [-0.3, -0.25) is 9.48 Å². The maximum Gasteiger partial charge on any atom is 0.260 e. The van der Waals surface area contributed by atoms with E-state index in [1.807, 2.05) is 20.9 Å². The third-order valence-corrected chi connectivity index (χ3v) is 3.59. The van der Waals surface area contributed by atoms with E-state index in [9.17, 15) is 4.79 Å². The van der Waals surface area contributed by atoms with Crippen LogP contribution in [-0.4, -0.2) is 46.3 Å². The predicted molar refractivity (Wildman–Crippen MR) is 72.0 cm³/mol. The van der Waals surface area contributed by atoms with Gasteiger partial charge in [0.1, 0.15) is 5.69 Å². The quantitative estimate of drug-likeness (QED) is 0.857. The molecule has 1 aliphatic heterocycles. The van der Waals surface area contributed by atoms with Gasteiger partial charge >= 0.3 is 0 Å². The van der Waals surface area contributed by atoms with Crippen molar-refractivity contribution in [2.45, 2.75) is 32.7 Å². The number of aryl methyl sites for hydroxylation is 2. The minimum Gasteiger partial charge on any atom is -0.480 e. The van der Waals surface area contributed by atoms with E-state index >= 15 is 0 Å². The lowest BCUT2D eigenvalue weighted by molar-refractivity contribution is -0.134. The first-order valence-electron chi connectivity index (χ1n) is 6.65. The molecule has 19 heavy (non-hydrogen) atoms. The van der Waals surface area contributed by atoms with E-state index in [0.717, 1.165) is 30.8 Å². The number of hydrogen-bond donors (Lipinski definition) is 1. The molecule has 6 heteroatoms. The summed E-state index contributed by atoms with van der Waals surface area (Å²) in [6.45, 7) is 5.27. The van der Waals surface area contributed by atoms with Gasteiger partial charge in [0.25, 0.3) is 5.91 Å². The molecule has 106 valence electrons. The Hall–Kier alpha value is -1.56. The Bertz CT molecular complexity index is 469. The molecule has 2 heterocycles. The minimum absolute atomic E-state index is 0.00203. The standard InChI is InChI=1S/C13H22N4O2/c1-9-13(10(2)16(3)15-9)19-8-12(18)17-6-4-5-11(14)7-17/h11H,4-8,14H2,1-3H3. The highest BCUT2D eigenvalue weighted by Crippen LogP contribution is 2.21. The van der Waals surface area contributed by atoms with Gasteiger partial charge in [-0.05, 0) is 26.7 Å². The molecule has 0 bridgehead atoms. The molecule has 1 aromatic heterocycles. The van der Waals surface area contributed by atoms with Crippen LogP contribution < -0.4 is 10.5 Å². The van der Waals surface area contributed by atoms with Gasteiger partial charge in [0.15, 0.2) is 12.4 Å². The second-order valence-electron chi connectivity index (χ2n) is 5.15. The fourth-order valence-electron chi connectivity index (χ4n) is 2.42. The summed E-state index contributed by atoms with van der Waals surface area (Å²) in [5.74, 6) is 0.704. The van der Waals surface area contributed by atoms with E-state index in [1.54, 1.807) is 9.58 Å². The van der Waals surface area contributed by atoms with Crippen LogP contribution in [-0.2, 0) is 11.8 Å². The Labute approximate surface area is 113 Å². The van der Waals surface area contributed by atoms with E-state index in [1.165, 1.54) is 0 Å². The SMILES string of the molecule is Cc1nn(C)c(C)c1OCC(=O)N1CCCC(N)C1. The number of hydrogen-bond acceptors (Lipinski definition) is 4. The third-order valence-electron chi connectivity index (χ3n) is 3.59. The lowest BCUT2D eigenvalue weighted by Crippen LogP contribution is -2.47. The van der Waals surface area contributed by atoms with Crippen molar-refractivity contribution < 1.29 is 9.53 Å². The van der Waals surface area contributed by atoms with E-state index in [2.05, 4.69) is 5.10 Å². The summed E-state index contributed by atoms with van der Waals surface area (Å²) >= 11 is 0. The summed E-state index contributed by atoms with van der Waals surface area (Å²) in [4.78, 5) is 13.9. The fourth-order valence-corrected chi connectivity index (χ4v) is 2.42. The molecule has 1 fully saturated rings. The molecule has 0 saturated carbocycles. The number of aromatic nitrogens is 2. The Kier molecular flexibility index (Phi) is 4.09. The minimum atomic E-state index is -0.00203. The molecule has 0 aromatic carbocycles. The molecule has 0 radical (unpaired) electrons. The van der Waals surface area contributed by atoms with Crippen molar-refractivity contribution in [1.82, 2.24) is 14.7 Å². The first kappa shape index (κ1) is 13.9. The molecule has 2 N–H and O–H groups in total. The van der Waals surface area contributed by atoms with Gasteiger partial charge in [-0.15, -0.1) is 0 Å². The zero-order valence-corrected chi connectivity index (χ0v) is 11.8. The number of piperidine rings is 1. The molecular formula is C13H22N4O2. The van der Waals surface area contributed by atoms with E-state index in [-0.39, 0.29) is 18.6 Å². The number of carbonyl (C=O) groups excluding carboxylic acids is 1. The zero-order valence-electron chi connectivity index (χ0n) is 11.8. The lowest BCUT2D eigenvalue weighted by Gasteiger charge is -2.30. The lowest BCUT2D eigenvalue weighted by atomic mass is 10.1. The van der Waals surface area contributed by atoms with Crippen LogP contribution in [0.2, 0.25) is 0 Å². The van der Waals surface area contributed by atoms with Crippen LogP contribution in [0.25, 0.3) is 0 Å². The van der Waals surface area contributed by atoms with Crippen LogP contribution in [0.1, 0.15) is 24.2 Å². The number of carbonyl (C=O) groups is 1. The highest BCUT2D eigenvalue weighted by molar-refractivity contribution is 5.78. The smallest absolute Gasteiger partial charge is 0.260 e. The molecule has 0 aliphatic carbocycles. The van der Waals surface area contributed by atoms with E-state index < -0.39 is 0 Å². The highest BCUT2D eigenvalue weighted by atomic mass is 16.5. The molecule has 1 atom stereocenters. The summed E-state index contributed by atoms with van der Waals surface area (Å²) in [7, 11) is 1.86. The van der Waals surface area contributed by atoms with Crippen molar-refractivity contribution in [3.63, 3.8) is 0 Å². The average molecular weight is 266 g/mol. The van der Waals surface area contributed by atoms with Gasteiger partial charge in [0.2, 0.25) is 0 Å². The van der Waals surface area contributed by atoms with Crippen molar-refractivity contribution in [2.75, 3.05) is 19.7 Å². The summed E-state index contributed by atoms with van der Waals surface area (Å²) in [6, 6.07) is 0.0968. The molecule has 6 nitrogen and oxygen atoms in total. The van der Waals surface area contributed by atoms with Crippen LogP contribution in [0.4, 0.5) is 0 Å². The van der Waals surface area contributed by atoms with Crippen LogP contribution >= 0.6 is 0 Å². The average Bonchev–Trinajstić information content (AvgIpc) is 2.61. The van der Waals surface area contributed by atoms with Crippen LogP contribution in [0.3, 0.4) is 0 Å². The number of ether oxygens (including phenoxy) is 1. The van der Waals surface area contributed by atoms with Crippen molar-refractivity contribution in [2.24, 2.45) is 12.8 Å². The largest absolute Gasteiger partial charge is 0.480 e. The second-order valence-corrected chi connectivity index (χ2v) is 5.15. The fraction of sp³-hybridized carbons (Fsp3) is 0.692. The maximum absolute atomic E-state index is 12.1. The van der Waals surface area contributed by atoms with E-state index in [4.69, 9.17) is 10.5 Å². The molecular weight excluding hydrogens is 244 g/mol. The van der Waals surface area contributed by atoms with Gasteiger partial charge in [-0.2, -0.15) is 5.10 Å². The normalized spacial score (nSPS) is 19.6. The summed E-state index contributed by atoms with van der Waals surface area (Å²) in [5, 5.41) is 4.26. The second kappa shape index (κ2) is 5.61. The zero-order chi connectivity index (χ0) is 14.0. The molecule has 2 rings (SSSR count). The van der Waals surface area contributed by atoms with Crippen molar-refractivity contribution in [3.8, 4) is 5.75 Å². The molecule has 1 aliphatic rings. The Morgan fingerprint density at radius 3 is 2.84 bits per heavy atom. The molecule has 0 spiro atoms. The first-order chi connectivity index (χ1) is 8.99. The number of likely N-dealkylation sites (tertiary alicyclic amines) is 1. The van der Waals surface area contributed by atoms with Gasteiger partial charge in [-0.1, -0.05) is 0 Å².